The molecular weight excluding hydrogens is 502 g/mol. The standard InChI is InChI=1S/C26H21Br2NO/c1-17-10-11-25(18(2)12-17)29-15-21-13-22(27)14-24(28)26(21)30-16-20-8-5-7-19-6-3-4-9-23(19)20/h3-15H,16H2,1-2H3. The van der Waals surface area contributed by atoms with E-state index < -0.39 is 0 Å². The quantitative estimate of drug-likeness (QED) is 0.241. The van der Waals surface area contributed by atoms with Gasteiger partial charge in [0.2, 0.25) is 0 Å². The zero-order valence-corrected chi connectivity index (χ0v) is 20.0. The summed E-state index contributed by atoms with van der Waals surface area (Å²) in [7, 11) is 0. The van der Waals surface area contributed by atoms with Gasteiger partial charge in [0.05, 0.1) is 10.2 Å². The van der Waals surface area contributed by atoms with Crippen LogP contribution >= 0.6 is 31.9 Å². The van der Waals surface area contributed by atoms with Crippen molar-refractivity contribution in [3.63, 3.8) is 0 Å². The van der Waals surface area contributed by atoms with Crippen molar-refractivity contribution in [1.82, 2.24) is 0 Å². The predicted octanol–water partition coefficient (Wildman–Crippen LogP) is 8.31. The molecule has 0 aliphatic carbocycles. The molecule has 0 aromatic heterocycles. The van der Waals surface area contributed by atoms with E-state index in [4.69, 9.17) is 9.73 Å². The molecule has 150 valence electrons. The fourth-order valence-corrected chi connectivity index (χ4v) is 4.86. The van der Waals surface area contributed by atoms with Crippen molar-refractivity contribution in [3.05, 3.63) is 104 Å². The van der Waals surface area contributed by atoms with Crippen LogP contribution in [-0.4, -0.2) is 6.21 Å². The highest BCUT2D eigenvalue weighted by molar-refractivity contribution is 9.11. The number of aliphatic imine (C=N–C) groups is 1. The van der Waals surface area contributed by atoms with Crippen molar-refractivity contribution in [2.45, 2.75) is 20.5 Å². The third-order valence-corrected chi connectivity index (χ3v) is 6.03. The van der Waals surface area contributed by atoms with Gasteiger partial charge in [-0.3, -0.25) is 4.99 Å². The lowest BCUT2D eigenvalue weighted by Gasteiger charge is -2.13. The molecule has 0 fully saturated rings. The van der Waals surface area contributed by atoms with Crippen molar-refractivity contribution in [1.29, 1.82) is 0 Å². The number of hydrogen-bond acceptors (Lipinski definition) is 2. The van der Waals surface area contributed by atoms with Gasteiger partial charge in [-0.1, -0.05) is 76.1 Å². The highest BCUT2D eigenvalue weighted by Crippen LogP contribution is 2.34. The summed E-state index contributed by atoms with van der Waals surface area (Å²) in [5.41, 5.74) is 5.41. The van der Waals surface area contributed by atoms with Gasteiger partial charge in [-0.2, -0.15) is 0 Å². The van der Waals surface area contributed by atoms with E-state index in [1.54, 1.807) is 0 Å². The first-order valence-electron chi connectivity index (χ1n) is 9.71. The second-order valence-corrected chi connectivity index (χ2v) is 9.05. The Balaban J connectivity index is 1.65. The van der Waals surface area contributed by atoms with Gasteiger partial charge in [0, 0.05) is 16.3 Å². The molecule has 0 saturated carbocycles. The highest BCUT2D eigenvalue weighted by Gasteiger charge is 2.11. The molecule has 0 aliphatic rings. The molecule has 0 N–H and O–H groups in total. The smallest absolute Gasteiger partial charge is 0.142 e. The molecule has 0 unspecified atom stereocenters. The summed E-state index contributed by atoms with van der Waals surface area (Å²) in [5.74, 6) is 0.777. The Morgan fingerprint density at radius 3 is 2.53 bits per heavy atom. The Labute approximate surface area is 193 Å². The van der Waals surface area contributed by atoms with E-state index in [2.05, 4.69) is 100 Å². The number of rotatable bonds is 5. The van der Waals surface area contributed by atoms with E-state index in [-0.39, 0.29) is 0 Å². The van der Waals surface area contributed by atoms with Crippen LogP contribution in [0.25, 0.3) is 10.8 Å². The molecule has 0 saturated heterocycles. The topological polar surface area (TPSA) is 21.6 Å². The van der Waals surface area contributed by atoms with Crippen LogP contribution < -0.4 is 4.74 Å². The van der Waals surface area contributed by atoms with Gasteiger partial charge in [-0.25, -0.2) is 0 Å². The van der Waals surface area contributed by atoms with Crippen LogP contribution in [-0.2, 0) is 6.61 Å². The van der Waals surface area contributed by atoms with E-state index in [0.717, 1.165) is 37.1 Å². The van der Waals surface area contributed by atoms with Crippen molar-refractivity contribution in [3.8, 4) is 5.75 Å². The average Bonchev–Trinajstić information content (AvgIpc) is 2.72. The summed E-state index contributed by atoms with van der Waals surface area (Å²) in [6, 6.07) is 25.0. The number of ether oxygens (including phenoxy) is 1. The minimum Gasteiger partial charge on any atom is -0.487 e. The number of hydrogen-bond donors (Lipinski definition) is 0. The summed E-state index contributed by atoms with van der Waals surface area (Å²) in [6.45, 7) is 4.64. The minimum atomic E-state index is 0.478. The van der Waals surface area contributed by atoms with Gasteiger partial charge < -0.3 is 4.74 Å². The highest BCUT2D eigenvalue weighted by atomic mass is 79.9. The van der Waals surface area contributed by atoms with E-state index in [0.29, 0.717) is 6.61 Å². The first-order chi connectivity index (χ1) is 14.5. The molecular formula is C26H21Br2NO. The summed E-state index contributed by atoms with van der Waals surface area (Å²) >= 11 is 7.23. The molecule has 4 aromatic rings. The number of fused-ring (bicyclic) bond motifs is 1. The van der Waals surface area contributed by atoms with Crippen LogP contribution in [0.2, 0.25) is 0 Å². The zero-order valence-electron chi connectivity index (χ0n) is 16.8. The summed E-state index contributed by atoms with van der Waals surface area (Å²) in [6.07, 6.45) is 1.87. The number of nitrogens with zero attached hydrogens (tertiary/aromatic N) is 1. The van der Waals surface area contributed by atoms with Gasteiger partial charge in [-0.15, -0.1) is 0 Å². The van der Waals surface area contributed by atoms with Crippen LogP contribution in [0.1, 0.15) is 22.3 Å². The SMILES string of the molecule is Cc1ccc(N=Cc2cc(Br)cc(Br)c2OCc2cccc3ccccc23)c(C)c1. The first-order valence-corrected chi connectivity index (χ1v) is 11.3. The Hall–Kier alpha value is -2.43. The maximum Gasteiger partial charge on any atom is 0.142 e. The third kappa shape index (κ3) is 4.66. The van der Waals surface area contributed by atoms with Gasteiger partial charge >= 0.3 is 0 Å². The second-order valence-electron chi connectivity index (χ2n) is 7.28. The van der Waals surface area contributed by atoms with Crippen molar-refractivity contribution in [2.75, 3.05) is 0 Å². The van der Waals surface area contributed by atoms with Gasteiger partial charge in [0.25, 0.3) is 0 Å². The number of benzene rings is 4. The fourth-order valence-electron chi connectivity index (χ4n) is 3.49. The molecule has 0 aliphatic heterocycles. The zero-order chi connectivity index (χ0) is 21.1. The van der Waals surface area contributed by atoms with Gasteiger partial charge in [0.15, 0.2) is 0 Å². The van der Waals surface area contributed by atoms with Crippen LogP contribution in [0.3, 0.4) is 0 Å². The minimum absolute atomic E-state index is 0.478. The molecule has 0 atom stereocenters. The monoisotopic (exact) mass is 521 g/mol. The van der Waals surface area contributed by atoms with Crippen LogP contribution in [0.15, 0.2) is 86.7 Å². The summed E-state index contributed by atoms with van der Waals surface area (Å²) < 4.78 is 8.15. The normalized spacial score (nSPS) is 11.3. The molecule has 30 heavy (non-hydrogen) atoms. The Morgan fingerprint density at radius 1 is 0.900 bits per heavy atom. The van der Waals surface area contributed by atoms with E-state index in [1.807, 2.05) is 24.4 Å². The third-order valence-electron chi connectivity index (χ3n) is 4.98. The first kappa shape index (κ1) is 20.8. The second kappa shape index (κ2) is 9.15. The lowest BCUT2D eigenvalue weighted by atomic mass is 10.1. The summed E-state index contributed by atoms with van der Waals surface area (Å²) in [5, 5.41) is 2.42. The van der Waals surface area contributed by atoms with Crippen LogP contribution in [0.4, 0.5) is 5.69 Å². The molecule has 0 radical (unpaired) electrons. The Kier molecular flexibility index (Phi) is 6.35. The molecule has 4 rings (SSSR count). The number of aryl methyl sites for hydroxylation is 2. The van der Waals surface area contributed by atoms with Gasteiger partial charge in [0.1, 0.15) is 12.4 Å². The molecule has 4 heteroatoms. The fraction of sp³-hybridized carbons (Fsp3) is 0.115. The Morgan fingerprint density at radius 2 is 1.70 bits per heavy atom. The van der Waals surface area contributed by atoms with E-state index in [9.17, 15) is 0 Å². The molecule has 4 aromatic carbocycles. The van der Waals surface area contributed by atoms with Crippen LogP contribution in [0.5, 0.6) is 5.75 Å². The summed E-state index contributed by atoms with van der Waals surface area (Å²) in [4.78, 5) is 4.72. The Bertz CT molecular complexity index is 1240. The maximum atomic E-state index is 6.30. The molecule has 0 amide bonds. The van der Waals surface area contributed by atoms with Crippen molar-refractivity contribution < 1.29 is 4.74 Å². The van der Waals surface area contributed by atoms with E-state index in [1.165, 1.54) is 16.3 Å². The van der Waals surface area contributed by atoms with Crippen molar-refractivity contribution in [2.24, 2.45) is 4.99 Å². The molecule has 0 heterocycles. The molecule has 0 spiro atoms. The molecule has 2 nitrogen and oxygen atoms in total. The average molecular weight is 523 g/mol. The number of halogens is 2. The van der Waals surface area contributed by atoms with Crippen molar-refractivity contribution >= 4 is 54.5 Å². The maximum absolute atomic E-state index is 6.30. The van der Waals surface area contributed by atoms with Crippen LogP contribution in [0, 0.1) is 13.8 Å². The van der Waals surface area contributed by atoms with E-state index >= 15 is 0 Å². The lowest BCUT2D eigenvalue weighted by Crippen LogP contribution is -2.00. The van der Waals surface area contributed by atoms with Gasteiger partial charge in [-0.05, 0) is 69.9 Å². The predicted molar refractivity (Wildman–Crippen MR) is 133 cm³/mol. The largest absolute Gasteiger partial charge is 0.487 e. The molecule has 0 bridgehead atoms. The lowest BCUT2D eigenvalue weighted by molar-refractivity contribution is 0.305.